The predicted octanol–water partition coefficient (Wildman–Crippen LogP) is 5.32. The zero-order valence-electron chi connectivity index (χ0n) is 13.5. The van der Waals surface area contributed by atoms with Crippen LogP contribution < -0.4 is 0 Å². The van der Waals surface area contributed by atoms with E-state index in [-0.39, 0.29) is 0 Å². The Morgan fingerprint density at radius 1 is 1.33 bits per heavy atom. The molecule has 0 fully saturated rings. The molecule has 0 unspecified atom stereocenters. The molecular weight excluding hydrogens is 254 g/mol. The minimum atomic E-state index is 0.861. The van der Waals surface area contributed by atoms with Gasteiger partial charge in [-0.2, -0.15) is 0 Å². The summed E-state index contributed by atoms with van der Waals surface area (Å²) in [5.74, 6) is 6.46. The van der Waals surface area contributed by atoms with E-state index in [9.17, 15) is 0 Å². The van der Waals surface area contributed by atoms with E-state index in [0.29, 0.717) is 0 Å². The highest BCUT2D eigenvalue weighted by atomic mass is 14.7. The highest BCUT2D eigenvalue weighted by molar-refractivity contribution is 5.92. The van der Waals surface area contributed by atoms with Crippen molar-refractivity contribution in [2.45, 2.75) is 34.1 Å². The van der Waals surface area contributed by atoms with Crippen LogP contribution in [0.15, 0.2) is 54.2 Å². The molecule has 0 saturated heterocycles. The van der Waals surface area contributed by atoms with Crippen LogP contribution in [0, 0.1) is 18.8 Å². The molecule has 0 heterocycles. The molecule has 0 N–H and O–H groups in total. The van der Waals surface area contributed by atoms with Crippen LogP contribution in [0.2, 0.25) is 0 Å². The molecule has 1 nitrogen and oxygen atoms in total. The first-order valence-corrected chi connectivity index (χ1v) is 7.12. The van der Waals surface area contributed by atoms with Gasteiger partial charge >= 0.3 is 0 Å². The van der Waals surface area contributed by atoms with Gasteiger partial charge in [-0.1, -0.05) is 49.6 Å². The van der Waals surface area contributed by atoms with Crippen LogP contribution in [0.4, 0.5) is 0 Å². The number of nitrogens with zero attached hydrogens (tertiary/aromatic N) is 1. The van der Waals surface area contributed by atoms with Gasteiger partial charge in [-0.15, -0.1) is 0 Å². The molecule has 0 aromatic heterocycles. The first kappa shape index (κ1) is 16.7. The lowest BCUT2D eigenvalue weighted by molar-refractivity contribution is 1.15. The molecule has 0 aliphatic rings. The van der Waals surface area contributed by atoms with Crippen molar-refractivity contribution in [3.05, 3.63) is 65.9 Å². The average Bonchev–Trinajstić information content (AvgIpc) is 2.48. The molecule has 0 spiro atoms. The van der Waals surface area contributed by atoms with E-state index in [1.807, 2.05) is 20.0 Å². The van der Waals surface area contributed by atoms with Gasteiger partial charge in [0.1, 0.15) is 0 Å². The summed E-state index contributed by atoms with van der Waals surface area (Å²) in [4.78, 5) is 4.31. The van der Waals surface area contributed by atoms with Crippen LogP contribution in [0.3, 0.4) is 0 Å². The molecule has 0 aliphatic carbocycles. The first-order valence-electron chi connectivity index (χ1n) is 7.12. The number of hydrogen-bond donors (Lipinski definition) is 0. The van der Waals surface area contributed by atoms with Gasteiger partial charge in [0, 0.05) is 23.0 Å². The quantitative estimate of drug-likeness (QED) is 0.521. The third-order valence-corrected chi connectivity index (χ3v) is 3.19. The van der Waals surface area contributed by atoms with Crippen LogP contribution in [0.25, 0.3) is 5.57 Å². The normalized spacial score (nSPS) is 11.6. The van der Waals surface area contributed by atoms with Crippen LogP contribution in [0.1, 0.15) is 43.9 Å². The monoisotopic (exact) mass is 277 g/mol. The molecule has 0 saturated carbocycles. The number of benzene rings is 1. The van der Waals surface area contributed by atoms with Gasteiger partial charge in [0.15, 0.2) is 0 Å². The molecule has 1 aromatic carbocycles. The minimum Gasteiger partial charge on any atom is -0.261 e. The lowest BCUT2D eigenvalue weighted by Gasteiger charge is -2.03. The fourth-order valence-corrected chi connectivity index (χ4v) is 1.61. The van der Waals surface area contributed by atoms with E-state index >= 15 is 0 Å². The second-order valence-corrected chi connectivity index (χ2v) is 5.04. The number of aliphatic imine (C=N–C) groups is 1. The second kappa shape index (κ2) is 8.07. The Hall–Kier alpha value is -2.33. The van der Waals surface area contributed by atoms with Crippen molar-refractivity contribution in [1.82, 2.24) is 0 Å². The molecule has 0 radical (unpaired) electrons. The van der Waals surface area contributed by atoms with Crippen molar-refractivity contribution in [3.8, 4) is 11.8 Å². The molecule has 21 heavy (non-hydrogen) atoms. The Kier molecular flexibility index (Phi) is 6.43. The second-order valence-electron chi connectivity index (χ2n) is 5.04. The van der Waals surface area contributed by atoms with Gasteiger partial charge < -0.3 is 0 Å². The number of rotatable bonds is 4. The molecular formula is C20H23N. The fourth-order valence-electron chi connectivity index (χ4n) is 1.61. The standard InChI is InChI=1S/C20H23N/c1-7-17(6)21-14-18(8-2)10-12-20-13-19(15(3)4)11-9-16(20)5/h7,9,11,13-14H,1,3,8H2,2,4-6H3/b18-14+,21-17+. The molecule has 1 heteroatoms. The summed E-state index contributed by atoms with van der Waals surface area (Å²) in [5, 5.41) is 0. The average molecular weight is 277 g/mol. The number of hydrogen-bond acceptors (Lipinski definition) is 1. The summed E-state index contributed by atoms with van der Waals surface area (Å²) in [5.41, 5.74) is 6.30. The maximum Gasteiger partial charge on any atom is 0.0386 e. The van der Waals surface area contributed by atoms with Crippen LogP contribution in [0.5, 0.6) is 0 Å². The summed E-state index contributed by atoms with van der Waals surface area (Å²) >= 11 is 0. The molecule has 108 valence electrons. The molecule has 1 rings (SSSR count). The SMILES string of the molecule is C=C/C(C)=N/C=C(/C#Cc1cc(C(=C)C)ccc1C)CC. The lowest BCUT2D eigenvalue weighted by Crippen LogP contribution is -1.87. The maximum absolute atomic E-state index is 4.31. The third kappa shape index (κ3) is 5.28. The predicted molar refractivity (Wildman–Crippen MR) is 94.4 cm³/mol. The molecule has 0 bridgehead atoms. The summed E-state index contributed by atoms with van der Waals surface area (Å²) in [6, 6.07) is 6.26. The maximum atomic E-state index is 4.31. The largest absolute Gasteiger partial charge is 0.261 e. The van der Waals surface area contributed by atoms with E-state index in [0.717, 1.165) is 34.4 Å². The Balaban J connectivity index is 3.12. The minimum absolute atomic E-state index is 0.861. The van der Waals surface area contributed by atoms with E-state index in [4.69, 9.17) is 0 Å². The highest BCUT2D eigenvalue weighted by Crippen LogP contribution is 2.16. The molecule has 0 aliphatic heterocycles. The van der Waals surface area contributed by atoms with Crippen molar-refractivity contribution >= 4 is 11.3 Å². The zero-order valence-corrected chi connectivity index (χ0v) is 13.5. The molecule has 0 atom stereocenters. The van der Waals surface area contributed by atoms with Crippen LogP contribution >= 0.6 is 0 Å². The Bertz CT molecular complexity index is 661. The smallest absolute Gasteiger partial charge is 0.0386 e. The third-order valence-electron chi connectivity index (χ3n) is 3.19. The first-order chi connectivity index (χ1) is 9.97. The topological polar surface area (TPSA) is 12.4 Å². The van der Waals surface area contributed by atoms with E-state index < -0.39 is 0 Å². The zero-order chi connectivity index (χ0) is 15.8. The fraction of sp³-hybridized carbons (Fsp3) is 0.250. The lowest BCUT2D eigenvalue weighted by atomic mass is 10.0. The van der Waals surface area contributed by atoms with Gasteiger partial charge in [-0.3, -0.25) is 4.99 Å². The van der Waals surface area contributed by atoms with Crippen molar-refractivity contribution < 1.29 is 0 Å². The van der Waals surface area contributed by atoms with Crippen molar-refractivity contribution in [1.29, 1.82) is 0 Å². The van der Waals surface area contributed by atoms with Gasteiger partial charge in [0.2, 0.25) is 0 Å². The van der Waals surface area contributed by atoms with Crippen LogP contribution in [-0.4, -0.2) is 5.71 Å². The number of allylic oxidation sites excluding steroid dienone is 3. The Morgan fingerprint density at radius 3 is 2.62 bits per heavy atom. The summed E-state index contributed by atoms with van der Waals surface area (Å²) in [7, 11) is 0. The van der Waals surface area contributed by atoms with Gasteiger partial charge in [-0.25, -0.2) is 0 Å². The van der Waals surface area contributed by atoms with Crippen molar-refractivity contribution in [2.75, 3.05) is 0 Å². The van der Waals surface area contributed by atoms with Gasteiger partial charge in [0.25, 0.3) is 0 Å². The van der Waals surface area contributed by atoms with Gasteiger partial charge in [0.05, 0.1) is 0 Å². The van der Waals surface area contributed by atoms with E-state index in [1.54, 1.807) is 6.08 Å². The van der Waals surface area contributed by atoms with E-state index in [2.05, 4.69) is 62.0 Å². The van der Waals surface area contributed by atoms with Crippen molar-refractivity contribution in [3.63, 3.8) is 0 Å². The number of aryl methyl sites for hydroxylation is 1. The Morgan fingerprint density at radius 2 is 2.05 bits per heavy atom. The van der Waals surface area contributed by atoms with Gasteiger partial charge in [-0.05, 0) is 50.5 Å². The summed E-state index contributed by atoms with van der Waals surface area (Å²) in [6.45, 7) is 15.7. The summed E-state index contributed by atoms with van der Waals surface area (Å²) < 4.78 is 0. The highest BCUT2D eigenvalue weighted by Gasteiger charge is 1.98. The molecule has 1 aromatic rings. The Labute approximate surface area is 128 Å². The van der Waals surface area contributed by atoms with Crippen molar-refractivity contribution in [2.24, 2.45) is 4.99 Å². The molecule has 0 amide bonds. The summed E-state index contributed by atoms with van der Waals surface area (Å²) in [6.07, 6.45) is 4.42. The van der Waals surface area contributed by atoms with Crippen LogP contribution in [-0.2, 0) is 0 Å². The van der Waals surface area contributed by atoms with E-state index in [1.165, 1.54) is 5.56 Å².